The number of nitrogens with zero attached hydrogens (tertiary/aromatic N) is 2. The van der Waals surface area contributed by atoms with Crippen LogP contribution >= 0.6 is 11.8 Å². The molecule has 1 aromatic carbocycles. The summed E-state index contributed by atoms with van der Waals surface area (Å²) in [6.45, 7) is 3.93. The van der Waals surface area contributed by atoms with Crippen molar-refractivity contribution in [2.24, 2.45) is 16.8 Å². The molecule has 4 atom stereocenters. The van der Waals surface area contributed by atoms with Crippen molar-refractivity contribution in [3.63, 3.8) is 0 Å². The van der Waals surface area contributed by atoms with Crippen molar-refractivity contribution in [2.45, 2.75) is 31.7 Å². The standard InChI is InChI=1S/C19H24FN3O4S2/c1-10-3-4-14(13(20)7-10)21-16-11(2)18(25)23-5-6-28-19(23)17(16)22-29(26,27)15-8-12(15)9-24/h3-4,7,11-12,15,18,22,24-25H,5-6,8-9H2,1-2H3. The van der Waals surface area contributed by atoms with Crippen molar-refractivity contribution in [1.82, 2.24) is 9.62 Å². The molecule has 0 radical (unpaired) electrons. The summed E-state index contributed by atoms with van der Waals surface area (Å²) in [6, 6.07) is 4.65. The van der Waals surface area contributed by atoms with E-state index in [4.69, 9.17) is 0 Å². The van der Waals surface area contributed by atoms with Gasteiger partial charge < -0.3 is 15.1 Å². The number of nitrogens with one attached hydrogen (secondary N) is 1. The number of sulfonamides is 1. The molecular formula is C19H24FN3O4S2. The van der Waals surface area contributed by atoms with Crippen molar-refractivity contribution in [3.05, 3.63) is 40.3 Å². The number of aliphatic imine (C=N–C) groups is 1. The molecule has 3 N–H and O–H groups in total. The minimum atomic E-state index is -3.73. The molecule has 1 saturated carbocycles. The molecule has 158 valence electrons. The fourth-order valence-corrected chi connectivity index (χ4v) is 6.68. The molecule has 1 aliphatic carbocycles. The van der Waals surface area contributed by atoms with E-state index in [1.165, 1.54) is 17.8 Å². The molecule has 0 aromatic heterocycles. The smallest absolute Gasteiger partial charge is 0.236 e. The molecule has 0 amide bonds. The molecule has 2 fully saturated rings. The number of benzene rings is 1. The van der Waals surface area contributed by atoms with Crippen LogP contribution in [0.5, 0.6) is 0 Å². The molecule has 2 heterocycles. The van der Waals surface area contributed by atoms with Crippen LogP contribution in [0.1, 0.15) is 18.9 Å². The van der Waals surface area contributed by atoms with Crippen LogP contribution in [0.3, 0.4) is 0 Å². The van der Waals surface area contributed by atoms with Crippen LogP contribution in [0.2, 0.25) is 0 Å². The lowest BCUT2D eigenvalue weighted by molar-refractivity contribution is 0.0143. The normalized spacial score (nSPS) is 30.7. The second-order valence-electron chi connectivity index (χ2n) is 7.74. The number of hydrogen-bond acceptors (Lipinski definition) is 7. The Morgan fingerprint density at radius 2 is 2.17 bits per heavy atom. The molecule has 7 nitrogen and oxygen atoms in total. The maximum atomic E-state index is 14.4. The van der Waals surface area contributed by atoms with Crippen LogP contribution in [0.15, 0.2) is 33.9 Å². The van der Waals surface area contributed by atoms with Gasteiger partial charge in [-0.15, -0.1) is 11.8 Å². The maximum Gasteiger partial charge on any atom is 0.236 e. The molecular weight excluding hydrogens is 417 g/mol. The van der Waals surface area contributed by atoms with Gasteiger partial charge in [-0.1, -0.05) is 13.0 Å². The number of fused-ring (bicyclic) bond motifs is 1. The quantitative estimate of drug-likeness (QED) is 0.643. The topological polar surface area (TPSA) is 102 Å². The van der Waals surface area contributed by atoms with Crippen LogP contribution in [-0.2, 0) is 10.0 Å². The van der Waals surface area contributed by atoms with E-state index in [1.807, 2.05) is 0 Å². The lowest BCUT2D eigenvalue weighted by Gasteiger charge is -2.37. The van der Waals surface area contributed by atoms with Crippen molar-refractivity contribution in [3.8, 4) is 0 Å². The second-order valence-corrected chi connectivity index (χ2v) is 10.7. The lowest BCUT2D eigenvalue weighted by atomic mass is 9.96. The highest BCUT2D eigenvalue weighted by atomic mass is 32.2. The summed E-state index contributed by atoms with van der Waals surface area (Å²) in [5.41, 5.74) is 1.46. The lowest BCUT2D eigenvalue weighted by Crippen LogP contribution is -2.48. The average molecular weight is 442 g/mol. The van der Waals surface area contributed by atoms with E-state index in [9.17, 15) is 23.0 Å². The summed E-state index contributed by atoms with van der Waals surface area (Å²) in [5, 5.41) is 19.9. The maximum absolute atomic E-state index is 14.4. The minimum Gasteiger partial charge on any atom is -0.396 e. The molecule has 4 unspecified atom stereocenters. The molecule has 1 saturated heterocycles. The zero-order valence-electron chi connectivity index (χ0n) is 16.2. The molecule has 1 aromatic rings. The Kier molecular flexibility index (Phi) is 5.39. The summed E-state index contributed by atoms with van der Waals surface area (Å²) >= 11 is 1.44. The highest BCUT2D eigenvalue weighted by Gasteiger charge is 2.49. The van der Waals surface area contributed by atoms with Gasteiger partial charge in [-0.2, -0.15) is 0 Å². The van der Waals surface area contributed by atoms with Gasteiger partial charge in [-0.05, 0) is 31.0 Å². The summed E-state index contributed by atoms with van der Waals surface area (Å²) in [5.74, 6) is -0.592. The summed E-state index contributed by atoms with van der Waals surface area (Å²) in [7, 11) is -3.73. The summed E-state index contributed by atoms with van der Waals surface area (Å²) < 4.78 is 42.8. The highest BCUT2D eigenvalue weighted by molar-refractivity contribution is 8.03. The number of thioether (sulfide) groups is 1. The largest absolute Gasteiger partial charge is 0.396 e. The first-order valence-electron chi connectivity index (χ1n) is 9.52. The first kappa shape index (κ1) is 20.6. The third kappa shape index (κ3) is 3.78. The van der Waals surface area contributed by atoms with Gasteiger partial charge in [-0.3, -0.25) is 4.72 Å². The van der Waals surface area contributed by atoms with E-state index in [0.717, 1.165) is 5.56 Å². The van der Waals surface area contributed by atoms with Crippen molar-refractivity contribution in [2.75, 3.05) is 18.9 Å². The molecule has 29 heavy (non-hydrogen) atoms. The van der Waals surface area contributed by atoms with Gasteiger partial charge in [0.05, 0.1) is 21.7 Å². The average Bonchev–Trinajstić information content (AvgIpc) is 3.33. The minimum absolute atomic E-state index is 0.0954. The molecule has 10 heteroatoms. The van der Waals surface area contributed by atoms with Crippen LogP contribution in [0.25, 0.3) is 0 Å². The van der Waals surface area contributed by atoms with Gasteiger partial charge in [0.2, 0.25) is 10.0 Å². The molecule has 0 bridgehead atoms. The molecule has 3 aliphatic rings. The summed E-state index contributed by atoms with van der Waals surface area (Å²) in [4.78, 5) is 6.20. The zero-order chi connectivity index (χ0) is 20.9. The first-order chi connectivity index (χ1) is 13.7. The first-order valence-corrected chi connectivity index (χ1v) is 12.1. The predicted molar refractivity (Wildman–Crippen MR) is 111 cm³/mol. The van der Waals surface area contributed by atoms with Gasteiger partial charge in [-0.25, -0.2) is 17.8 Å². The van der Waals surface area contributed by atoms with E-state index in [2.05, 4.69) is 9.71 Å². The monoisotopic (exact) mass is 441 g/mol. The van der Waals surface area contributed by atoms with Gasteiger partial charge in [0, 0.05) is 30.7 Å². The Balaban J connectivity index is 1.79. The number of aryl methyl sites for hydroxylation is 1. The van der Waals surface area contributed by atoms with E-state index < -0.39 is 33.2 Å². The molecule has 4 rings (SSSR count). The van der Waals surface area contributed by atoms with E-state index in [-0.39, 0.29) is 18.2 Å². The third-order valence-corrected chi connectivity index (χ3v) is 8.54. The van der Waals surface area contributed by atoms with Gasteiger partial charge in [0.1, 0.15) is 17.7 Å². The Morgan fingerprint density at radius 3 is 2.83 bits per heavy atom. The van der Waals surface area contributed by atoms with Crippen LogP contribution in [0.4, 0.5) is 10.1 Å². The number of aliphatic hydroxyl groups excluding tert-OH is 2. The van der Waals surface area contributed by atoms with Crippen molar-refractivity contribution in [1.29, 1.82) is 0 Å². The number of allylic oxidation sites excluding steroid dienone is 1. The van der Waals surface area contributed by atoms with Gasteiger partial charge in [0.25, 0.3) is 0 Å². The Hall–Kier alpha value is -1.62. The fraction of sp³-hybridized carbons (Fsp3) is 0.526. The van der Waals surface area contributed by atoms with Crippen molar-refractivity contribution >= 4 is 33.2 Å². The Bertz CT molecular complexity index is 995. The van der Waals surface area contributed by atoms with E-state index in [0.29, 0.717) is 35.2 Å². The number of aliphatic hydroxyl groups is 2. The van der Waals surface area contributed by atoms with Crippen LogP contribution in [-0.4, -0.2) is 59.6 Å². The number of hydrogen-bond donors (Lipinski definition) is 3. The zero-order valence-corrected chi connectivity index (χ0v) is 17.8. The number of rotatable bonds is 5. The predicted octanol–water partition coefficient (Wildman–Crippen LogP) is 1.69. The van der Waals surface area contributed by atoms with E-state index in [1.54, 1.807) is 30.9 Å². The molecule has 2 aliphatic heterocycles. The Labute approximate surface area is 173 Å². The second kappa shape index (κ2) is 7.57. The van der Waals surface area contributed by atoms with Crippen LogP contribution < -0.4 is 4.72 Å². The van der Waals surface area contributed by atoms with E-state index >= 15 is 0 Å². The highest BCUT2D eigenvalue weighted by Crippen LogP contribution is 2.41. The molecule has 0 spiro atoms. The van der Waals surface area contributed by atoms with Crippen LogP contribution in [0, 0.1) is 24.6 Å². The fourth-order valence-electron chi connectivity index (χ4n) is 3.74. The van der Waals surface area contributed by atoms with Crippen molar-refractivity contribution < 1.29 is 23.0 Å². The SMILES string of the molecule is Cc1ccc(N=C2C(NS(=O)(=O)C3CC3CO)=C3SCCN3C(O)C2C)c(F)c1. The third-order valence-electron chi connectivity index (χ3n) is 5.58. The summed E-state index contributed by atoms with van der Waals surface area (Å²) in [6.07, 6.45) is -0.464. The van der Waals surface area contributed by atoms with Gasteiger partial charge >= 0.3 is 0 Å². The Morgan fingerprint density at radius 1 is 1.41 bits per heavy atom. The van der Waals surface area contributed by atoms with Gasteiger partial charge in [0.15, 0.2) is 0 Å². The number of halogens is 1.